The molecule has 2 aliphatic rings. The molecule has 10 heteroatoms. The molecular weight excluding hydrogens is 452 g/mol. The quantitative estimate of drug-likeness (QED) is 0.568. The lowest BCUT2D eigenvalue weighted by atomic mass is 9.94. The molecule has 35 heavy (non-hydrogen) atoms. The van der Waals surface area contributed by atoms with Crippen LogP contribution in [0.3, 0.4) is 0 Å². The van der Waals surface area contributed by atoms with Crippen LogP contribution in [0.4, 0.5) is 9.59 Å². The zero-order chi connectivity index (χ0) is 25.6. The topological polar surface area (TPSA) is 109 Å². The zero-order valence-corrected chi connectivity index (χ0v) is 21.2. The number of hydrogen-bond donors (Lipinski definition) is 2. The molecular formula is C25H36N4O6. The Labute approximate surface area is 206 Å². The van der Waals surface area contributed by atoms with Crippen LogP contribution in [0.2, 0.25) is 0 Å². The highest BCUT2D eigenvalue weighted by atomic mass is 16.6. The van der Waals surface area contributed by atoms with E-state index in [2.05, 4.69) is 15.5 Å². The van der Waals surface area contributed by atoms with Crippen LogP contribution in [0, 0.1) is 0 Å². The second-order valence-corrected chi connectivity index (χ2v) is 9.36. The van der Waals surface area contributed by atoms with E-state index in [0.717, 1.165) is 0 Å². The van der Waals surface area contributed by atoms with Gasteiger partial charge in [-0.15, -0.1) is 0 Å². The van der Waals surface area contributed by atoms with Crippen molar-refractivity contribution in [3.63, 3.8) is 0 Å². The Morgan fingerprint density at radius 2 is 1.74 bits per heavy atom. The van der Waals surface area contributed by atoms with E-state index in [9.17, 15) is 14.4 Å². The Kier molecular flexibility index (Phi) is 8.61. The molecule has 0 aliphatic carbocycles. The van der Waals surface area contributed by atoms with Crippen LogP contribution in [-0.4, -0.2) is 79.4 Å². The predicted molar refractivity (Wildman–Crippen MR) is 130 cm³/mol. The van der Waals surface area contributed by atoms with Crippen LogP contribution < -0.4 is 15.4 Å². The molecule has 0 radical (unpaired) electrons. The maximum absolute atomic E-state index is 13.1. The summed E-state index contributed by atoms with van der Waals surface area (Å²) in [5, 5.41) is 5.67. The summed E-state index contributed by atoms with van der Waals surface area (Å²) in [5.74, 6) is 0.0908. The first kappa shape index (κ1) is 26.3. The number of urea groups is 1. The van der Waals surface area contributed by atoms with E-state index in [1.807, 2.05) is 52.0 Å². The highest BCUT2D eigenvalue weighted by Gasteiger charge is 2.36. The van der Waals surface area contributed by atoms with E-state index in [1.165, 1.54) is 0 Å². The van der Waals surface area contributed by atoms with Crippen LogP contribution in [0.1, 0.15) is 46.2 Å². The maximum atomic E-state index is 13.1. The fourth-order valence-corrected chi connectivity index (χ4v) is 4.07. The summed E-state index contributed by atoms with van der Waals surface area (Å²) in [7, 11) is 0. The highest BCUT2D eigenvalue weighted by molar-refractivity contribution is 5.95. The van der Waals surface area contributed by atoms with Gasteiger partial charge in [0, 0.05) is 44.0 Å². The number of para-hydroxylation sites is 1. The van der Waals surface area contributed by atoms with Crippen LogP contribution in [0.15, 0.2) is 35.5 Å². The van der Waals surface area contributed by atoms with Gasteiger partial charge in [0.25, 0.3) is 0 Å². The van der Waals surface area contributed by atoms with Crippen LogP contribution in [0.25, 0.3) is 0 Å². The molecule has 0 aromatic heterocycles. The van der Waals surface area contributed by atoms with E-state index < -0.39 is 23.6 Å². The number of ether oxygens (including phenoxy) is 3. The molecule has 0 saturated carbocycles. The van der Waals surface area contributed by atoms with Gasteiger partial charge in [-0.2, -0.15) is 0 Å². The highest BCUT2D eigenvalue weighted by Crippen LogP contribution is 2.34. The third kappa shape index (κ3) is 6.88. The number of rotatable bonds is 7. The lowest BCUT2D eigenvalue weighted by Gasteiger charge is -2.37. The molecule has 1 atom stereocenters. The van der Waals surface area contributed by atoms with Gasteiger partial charge in [-0.25, -0.2) is 14.4 Å². The molecule has 2 heterocycles. The van der Waals surface area contributed by atoms with E-state index >= 15 is 0 Å². The van der Waals surface area contributed by atoms with Crippen molar-refractivity contribution in [2.75, 3.05) is 45.9 Å². The average molecular weight is 489 g/mol. The van der Waals surface area contributed by atoms with Gasteiger partial charge in [0.15, 0.2) is 0 Å². The summed E-state index contributed by atoms with van der Waals surface area (Å²) in [6, 6.07) is 6.20. The van der Waals surface area contributed by atoms with E-state index in [4.69, 9.17) is 14.2 Å². The molecule has 192 valence electrons. The number of amides is 3. The van der Waals surface area contributed by atoms with Crippen molar-refractivity contribution in [3.8, 4) is 5.75 Å². The smallest absolute Gasteiger partial charge is 0.410 e. The Morgan fingerprint density at radius 3 is 2.37 bits per heavy atom. The van der Waals surface area contributed by atoms with Crippen molar-refractivity contribution in [1.82, 2.24) is 20.4 Å². The van der Waals surface area contributed by atoms with Gasteiger partial charge < -0.3 is 29.7 Å². The molecule has 2 N–H and O–H groups in total. The van der Waals surface area contributed by atoms with E-state index in [-0.39, 0.29) is 12.7 Å². The Morgan fingerprint density at radius 1 is 1.06 bits per heavy atom. The van der Waals surface area contributed by atoms with Gasteiger partial charge in [-0.3, -0.25) is 4.90 Å². The largest absolute Gasteiger partial charge is 0.494 e. The number of carbonyl (C=O) groups is 3. The number of nitrogens with zero attached hydrogens (tertiary/aromatic N) is 2. The molecule has 1 saturated heterocycles. The van der Waals surface area contributed by atoms with Crippen molar-refractivity contribution < 1.29 is 28.6 Å². The number of piperazine rings is 1. The van der Waals surface area contributed by atoms with Crippen LogP contribution >= 0.6 is 0 Å². The van der Waals surface area contributed by atoms with Crippen molar-refractivity contribution in [3.05, 3.63) is 41.1 Å². The molecule has 0 bridgehead atoms. The summed E-state index contributed by atoms with van der Waals surface area (Å²) in [6.45, 7) is 12.2. The summed E-state index contributed by atoms with van der Waals surface area (Å²) >= 11 is 0. The molecule has 3 rings (SSSR count). The van der Waals surface area contributed by atoms with Gasteiger partial charge >= 0.3 is 18.1 Å². The first-order valence-corrected chi connectivity index (χ1v) is 12.0. The molecule has 1 aromatic rings. The monoisotopic (exact) mass is 488 g/mol. The van der Waals surface area contributed by atoms with Gasteiger partial charge in [0.2, 0.25) is 0 Å². The number of hydrogen-bond acceptors (Lipinski definition) is 7. The van der Waals surface area contributed by atoms with E-state index in [1.54, 1.807) is 11.8 Å². The van der Waals surface area contributed by atoms with Crippen molar-refractivity contribution in [2.45, 2.75) is 46.3 Å². The zero-order valence-electron chi connectivity index (χ0n) is 21.2. The lowest BCUT2D eigenvalue weighted by Crippen LogP contribution is -2.53. The fraction of sp³-hybridized carbons (Fsp3) is 0.560. The SMILES string of the molecule is CCOC(=O)C1=C(CN2CCN(C(=O)OC(C)(C)C)CC2)NC(=O)N[C@H]1c1ccccc1OCC. The van der Waals surface area contributed by atoms with E-state index in [0.29, 0.717) is 61.9 Å². The summed E-state index contributed by atoms with van der Waals surface area (Å²) in [4.78, 5) is 41.9. The molecule has 0 spiro atoms. The molecule has 1 aromatic carbocycles. The van der Waals surface area contributed by atoms with Crippen molar-refractivity contribution >= 4 is 18.1 Å². The number of carbonyl (C=O) groups excluding carboxylic acids is 3. The lowest BCUT2D eigenvalue weighted by molar-refractivity contribution is -0.139. The normalized spacial score (nSPS) is 19.1. The second-order valence-electron chi connectivity index (χ2n) is 9.36. The van der Waals surface area contributed by atoms with Gasteiger partial charge in [-0.1, -0.05) is 18.2 Å². The maximum Gasteiger partial charge on any atom is 0.410 e. The number of nitrogens with one attached hydrogen (secondary N) is 2. The fourth-order valence-electron chi connectivity index (χ4n) is 4.07. The number of esters is 1. The minimum atomic E-state index is -0.719. The van der Waals surface area contributed by atoms with Crippen LogP contribution in [-0.2, 0) is 14.3 Å². The molecule has 3 amide bonds. The predicted octanol–water partition coefficient (Wildman–Crippen LogP) is 2.81. The third-order valence-corrected chi connectivity index (χ3v) is 5.58. The minimum Gasteiger partial charge on any atom is -0.494 e. The Bertz CT molecular complexity index is 963. The summed E-state index contributed by atoms with van der Waals surface area (Å²) in [5.41, 5.74) is 0.946. The standard InChI is InChI=1S/C25H36N4O6/c1-6-33-19-11-9-8-10-17(19)21-20(22(30)34-7-2)18(26-23(31)27-21)16-28-12-14-29(15-13-28)24(32)35-25(3,4)5/h8-11,21H,6-7,12-16H2,1-5H3,(H2,26,27,31)/t21-/m0/s1. The average Bonchev–Trinajstić information content (AvgIpc) is 2.79. The van der Waals surface area contributed by atoms with Gasteiger partial charge in [-0.05, 0) is 40.7 Å². The molecule has 10 nitrogen and oxygen atoms in total. The van der Waals surface area contributed by atoms with Crippen molar-refractivity contribution in [1.29, 1.82) is 0 Å². The summed E-state index contributed by atoms with van der Waals surface area (Å²) in [6.07, 6.45) is -0.341. The molecule has 1 fully saturated rings. The first-order chi connectivity index (χ1) is 16.6. The first-order valence-electron chi connectivity index (χ1n) is 12.0. The Hall–Kier alpha value is -3.27. The molecule has 0 unspecified atom stereocenters. The minimum absolute atomic E-state index is 0.206. The molecule has 2 aliphatic heterocycles. The van der Waals surface area contributed by atoms with Crippen LogP contribution in [0.5, 0.6) is 5.75 Å². The van der Waals surface area contributed by atoms with Gasteiger partial charge in [0.05, 0.1) is 24.8 Å². The second kappa shape index (κ2) is 11.4. The Balaban J connectivity index is 1.84. The van der Waals surface area contributed by atoms with Gasteiger partial charge in [0.1, 0.15) is 11.4 Å². The van der Waals surface area contributed by atoms with Crippen molar-refractivity contribution in [2.24, 2.45) is 0 Å². The third-order valence-electron chi connectivity index (χ3n) is 5.58. The summed E-state index contributed by atoms with van der Waals surface area (Å²) < 4.78 is 16.6. The number of benzene rings is 1.